The van der Waals surface area contributed by atoms with E-state index in [4.69, 9.17) is 23.3 Å². The van der Waals surface area contributed by atoms with Gasteiger partial charge in [-0.2, -0.15) is 0 Å². The lowest BCUT2D eigenvalue weighted by atomic mass is 10.1. The molecule has 0 saturated heterocycles. The molecule has 0 bridgehead atoms. The summed E-state index contributed by atoms with van der Waals surface area (Å²) in [5, 5.41) is 9.80. The van der Waals surface area contributed by atoms with Gasteiger partial charge in [0.05, 0.1) is 26.2 Å². The molecular weight excluding hydrogens is 1020 g/mol. The van der Waals surface area contributed by atoms with Crippen LogP contribution in [0.3, 0.4) is 0 Å². The monoisotopic (exact) mass is 1120 g/mol. The largest absolute Gasteiger partial charge is 0.472 e. The molecule has 0 amide bonds. The second kappa shape index (κ2) is 59.4. The average molecular weight is 1130 g/mol. The molecule has 0 aromatic heterocycles. The van der Waals surface area contributed by atoms with Gasteiger partial charge in [0, 0.05) is 12.8 Å². The molecule has 0 aromatic rings. The number of allylic oxidation sites excluding steroid dienone is 31. The lowest BCUT2D eigenvalue weighted by Gasteiger charge is -2.21. The number of unbranched alkanes of at least 4 members (excludes halogenated alkanes) is 3. The van der Waals surface area contributed by atoms with E-state index in [2.05, 4.69) is 179 Å². The Bertz CT molecular complexity index is 2090. The van der Waals surface area contributed by atoms with E-state index < -0.39 is 64.4 Å². The van der Waals surface area contributed by atoms with E-state index in [0.29, 0.717) is 19.3 Å². The second-order valence-electron chi connectivity index (χ2n) is 18.3. The lowest BCUT2D eigenvalue weighted by molar-refractivity contribution is -0.161. The molecule has 0 spiro atoms. The number of hydrogen-bond acceptors (Lipinski definition) is 10. The van der Waals surface area contributed by atoms with Crippen LogP contribution in [-0.4, -0.2) is 66.5 Å². The summed E-state index contributed by atoms with van der Waals surface area (Å²) >= 11 is 0. The van der Waals surface area contributed by atoms with Crippen LogP contribution >= 0.6 is 7.82 Å². The van der Waals surface area contributed by atoms with Gasteiger partial charge in [-0.1, -0.05) is 222 Å². The Hall–Kier alpha value is -5.68. The smallest absolute Gasteiger partial charge is 0.462 e. The van der Waals surface area contributed by atoms with Crippen LogP contribution in [0.15, 0.2) is 194 Å². The zero-order valence-corrected chi connectivity index (χ0v) is 49.8. The number of rotatable bonds is 51. The van der Waals surface area contributed by atoms with Crippen molar-refractivity contribution < 1.29 is 52.2 Å². The summed E-state index contributed by atoms with van der Waals surface area (Å²) in [6.45, 7) is 4.03. The molecule has 2 N–H and O–H groups in total. The summed E-state index contributed by atoms with van der Waals surface area (Å²) in [5.41, 5.74) is 0. The fourth-order valence-corrected chi connectivity index (χ4v) is 7.50. The number of esters is 3. The summed E-state index contributed by atoms with van der Waals surface area (Å²) in [6.07, 6.45) is 82.9. The van der Waals surface area contributed by atoms with E-state index in [1.807, 2.05) is 30.4 Å². The van der Waals surface area contributed by atoms with E-state index in [0.717, 1.165) is 116 Å². The van der Waals surface area contributed by atoms with Gasteiger partial charge in [0.15, 0.2) is 6.10 Å². The summed E-state index contributed by atoms with van der Waals surface area (Å²) in [6, 6.07) is 0. The maximum atomic E-state index is 12.9. The predicted octanol–water partition coefficient (Wildman–Crippen LogP) is 17.8. The molecule has 0 aliphatic carbocycles. The van der Waals surface area contributed by atoms with Crippen LogP contribution in [0.2, 0.25) is 0 Å². The maximum Gasteiger partial charge on any atom is 0.472 e. The Balaban J connectivity index is 5.01. The molecule has 0 rings (SSSR count). The van der Waals surface area contributed by atoms with Gasteiger partial charge in [-0.3, -0.25) is 23.4 Å². The van der Waals surface area contributed by atoms with Crippen molar-refractivity contribution >= 4 is 25.7 Å². The summed E-state index contributed by atoms with van der Waals surface area (Å²) < 4.78 is 39.3. The number of phosphoric acid groups is 1. The molecule has 0 heterocycles. The molecule has 444 valence electrons. The minimum absolute atomic E-state index is 0.0746. The number of ether oxygens (including phenoxy) is 3. The molecule has 11 nitrogen and oxygen atoms in total. The molecule has 3 unspecified atom stereocenters. The zero-order valence-electron chi connectivity index (χ0n) is 48.9. The molecule has 0 fully saturated rings. The third-order valence-electron chi connectivity index (χ3n) is 11.0. The first-order valence-corrected chi connectivity index (χ1v) is 30.8. The molecule has 80 heavy (non-hydrogen) atoms. The standard InChI is InChI=1S/C68H101O11P/c1-4-7-10-13-16-19-22-25-28-30-32-34-37-39-42-45-48-51-54-57-66(70)75-61-65(79-68(72)59-56-53-50-47-44-41-38-35-33-31-29-26-23-20-17-14-11-8-5-2)63-77-80(73,74)76-62-64(60-69)78-67(71)58-55-52-49-46-43-40-36-27-24-21-18-15-12-9-6-3/h7-12,16-21,25-29,32-36,39,41-44,46,48,51-52,55,64-65,69H,4-6,13-15,22-24,30-31,37-38,40,45,47,49-50,53-54,56-63H2,1-3H3,(H,73,74)/b10-7-,11-8-,12-9-,19-16-,20-17-,21-18-,28-25-,29-26-,34-32-,35-33-,36-27-,42-39-,44-41-,46-43-,51-48-,55-52-. The van der Waals surface area contributed by atoms with Gasteiger partial charge >= 0.3 is 25.7 Å². The van der Waals surface area contributed by atoms with Crippen LogP contribution < -0.4 is 0 Å². The van der Waals surface area contributed by atoms with Crippen molar-refractivity contribution in [2.24, 2.45) is 0 Å². The first kappa shape index (κ1) is 74.3. The molecule has 3 atom stereocenters. The SMILES string of the molecule is CC/C=C\C/C=C\C/C=C\C/C=C\C/C=C\C/C=C\CCC(=O)OCC(COP(=O)(O)OCC(CO)OC(=O)C/C=C\C/C=C\C/C=C\C/C=C\C/C=C\CC)OC(=O)CCCCC/C=C\C/C=C\C/C=C\C/C=C\C/C=C\CC. The molecule has 0 radical (unpaired) electrons. The molecule has 0 aliphatic heterocycles. The van der Waals surface area contributed by atoms with Gasteiger partial charge in [-0.15, -0.1) is 0 Å². The van der Waals surface area contributed by atoms with Crippen molar-refractivity contribution in [2.45, 2.75) is 187 Å². The number of carbonyl (C=O) groups excluding carboxylic acids is 3. The van der Waals surface area contributed by atoms with Crippen LogP contribution in [0, 0.1) is 0 Å². The Kier molecular flexibility index (Phi) is 55.2. The summed E-state index contributed by atoms with van der Waals surface area (Å²) in [7, 11) is -4.82. The topological polar surface area (TPSA) is 155 Å². The quantitative estimate of drug-likeness (QED) is 0.0197. The highest BCUT2D eigenvalue weighted by Gasteiger charge is 2.28. The first-order chi connectivity index (χ1) is 39.2. The van der Waals surface area contributed by atoms with E-state index in [1.165, 1.54) is 0 Å². The molecule has 0 saturated carbocycles. The van der Waals surface area contributed by atoms with Crippen molar-refractivity contribution in [3.8, 4) is 0 Å². The molecule has 0 aliphatic rings. The van der Waals surface area contributed by atoms with Crippen LogP contribution in [0.5, 0.6) is 0 Å². The highest BCUT2D eigenvalue weighted by molar-refractivity contribution is 7.47. The second-order valence-corrected chi connectivity index (χ2v) is 19.8. The Morgan fingerprint density at radius 1 is 0.362 bits per heavy atom. The highest BCUT2D eigenvalue weighted by atomic mass is 31.2. The molecular formula is C68H101O11P. The number of hydrogen-bond donors (Lipinski definition) is 2. The lowest BCUT2D eigenvalue weighted by Crippen LogP contribution is -2.30. The minimum Gasteiger partial charge on any atom is -0.462 e. The van der Waals surface area contributed by atoms with Crippen LogP contribution in [-0.2, 0) is 42.2 Å². The van der Waals surface area contributed by atoms with Crippen molar-refractivity contribution in [1.29, 1.82) is 0 Å². The van der Waals surface area contributed by atoms with Crippen molar-refractivity contribution in [2.75, 3.05) is 26.4 Å². The highest BCUT2D eigenvalue weighted by Crippen LogP contribution is 2.43. The number of carbonyl (C=O) groups is 3. The van der Waals surface area contributed by atoms with E-state index >= 15 is 0 Å². The Morgan fingerprint density at radius 2 is 0.688 bits per heavy atom. The minimum atomic E-state index is -4.82. The predicted molar refractivity (Wildman–Crippen MR) is 334 cm³/mol. The third kappa shape index (κ3) is 57.0. The number of aliphatic hydroxyl groups excluding tert-OH is 1. The van der Waals surface area contributed by atoms with E-state index in [1.54, 1.807) is 6.08 Å². The number of phosphoric ester groups is 1. The van der Waals surface area contributed by atoms with Gasteiger partial charge in [-0.05, 0) is 128 Å². The third-order valence-corrected chi connectivity index (χ3v) is 12.0. The van der Waals surface area contributed by atoms with Crippen molar-refractivity contribution in [3.63, 3.8) is 0 Å². The van der Waals surface area contributed by atoms with Gasteiger partial charge in [-0.25, -0.2) is 4.57 Å². The number of aliphatic hydroxyl groups is 1. The Labute approximate surface area is 483 Å². The first-order valence-electron chi connectivity index (χ1n) is 29.3. The fourth-order valence-electron chi connectivity index (χ4n) is 6.72. The van der Waals surface area contributed by atoms with Crippen LogP contribution in [0.25, 0.3) is 0 Å². The van der Waals surface area contributed by atoms with Gasteiger partial charge in [0.2, 0.25) is 0 Å². The van der Waals surface area contributed by atoms with Gasteiger partial charge in [0.25, 0.3) is 0 Å². The van der Waals surface area contributed by atoms with Crippen molar-refractivity contribution in [1.82, 2.24) is 0 Å². The van der Waals surface area contributed by atoms with Crippen LogP contribution in [0.4, 0.5) is 0 Å². The Morgan fingerprint density at radius 3 is 1.06 bits per heavy atom. The normalized spacial score (nSPS) is 14.7. The molecule has 12 heteroatoms. The summed E-state index contributed by atoms with van der Waals surface area (Å²) in [4.78, 5) is 48.5. The molecule has 0 aromatic carbocycles. The van der Waals surface area contributed by atoms with Crippen molar-refractivity contribution in [3.05, 3.63) is 194 Å². The summed E-state index contributed by atoms with van der Waals surface area (Å²) in [5.74, 6) is -1.77. The van der Waals surface area contributed by atoms with E-state index in [9.17, 15) is 28.9 Å². The van der Waals surface area contributed by atoms with Gasteiger partial charge in [0.1, 0.15) is 12.7 Å². The average Bonchev–Trinajstić information content (AvgIpc) is 3.45. The zero-order chi connectivity index (χ0) is 58.3. The van der Waals surface area contributed by atoms with E-state index in [-0.39, 0.29) is 19.3 Å². The maximum absolute atomic E-state index is 12.9. The van der Waals surface area contributed by atoms with Gasteiger partial charge < -0.3 is 24.2 Å². The van der Waals surface area contributed by atoms with Crippen LogP contribution in [0.1, 0.15) is 175 Å². The fraction of sp³-hybridized carbons (Fsp3) is 0.485.